The van der Waals surface area contributed by atoms with E-state index in [1.807, 2.05) is 0 Å². The van der Waals surface area contributed by atoms with E-state index in [0.717, 1.165) is 0 Å². The number of ketones is 1. The number of carbonyl (C=O) groups excluding carboxylic acids is 2. The maximum atomic E-state index is 13.4. The highest BCUT2D eigenvalue weighted by atomic mass is 19.1. The maximum Gasteiger partial charge on any atom is 0.407 e. The molecule has 0 aromatic heterocycles. The van der Waals surface area contributed by atoms with Crippen molar-refractivity contribution in [2.75, 3.05) is 0 Å². The van der Waals surface area contributed by atoms with Crippen LogP contribution in [-0.2, 0) is 4.74 Å². The van der Waals surface area contributed by atoms with Gasteiger partial charge in [-0.05, 0) is 46.2 Å². The van der Waals surface area contributed by atoms with Crippen LogP contribution in [0.15, 0.2) is 18.2 Å². The molecule has 4 nitrogen and oxygen atoms in total. The van der Waals surface area contributed by atoms with E-state index in [4.69, 9.17) is 4.74 Å². The second kappa shape index (κ2) is 6.70. The van der Waals surface area contributed by atoms with Gasteiger partial charge in [-0.25, -0.2) is 9.18 Å². The molecule has 1 amide bonds. The zero-order chi connectivity index (χ0) is 16.2. The molecule has 0 radical (unpaired) electrons. The normalized spacial score (nSPS) is 12.7. The molecule has 1 N–H and O–H groups in total. The Balaban J connectivity index is 2.58. The molecular weight excluding hydrogens is 273 g/mol. The van der Waals surface area contributed by atoms with Crippen LogP contribution >= 0.6 is 0 Å². The number of alkyl carbamates (subject to hydrolysis) is 1. The van der Waals surface area contributed by atoms with Gasteiger partial charge in [0.05, 0.1) is 0 Å². The second-order valence-corrected chi connectivity index (χ2v) is 6.14. The summed E-state index contributed by atoms with van der Waals surface area (Å²) in [5.74, 6) is -0.633. The zero-order valence-electron chi connectivity index (χ0n) is 13.1. The molecule has 0 fully saturated rings. The molecule has 0 heterocycles. The van der Waals surface area contributed by atoms with Crippen molar-refractivity contribution in [3.8, 4) is 0 Å². The van der Waals surface area contributed by atoms with Crippen molar-refractivity contribution in [3.05, 3.63) is 35.1 Å². The van der Waals surface area contributed by atoms with Crippen LogP contribution in [0.2, 0.25) is 0 Å². The predicted octanol–water partition coefficient (Wildman–Crippen LogP) is 3.62. The highest BCUT2D eigenvalue weighted by Crippen LogP contribution is 2.12. The molecule has 0 saturated carbocycles. The number of benzene rings is 1. The van der Waals surface area contributed by atoms with Gasteiger partial charge in [-0.1, -0.05) is 12.1 Å². The molecule has 0 aliphatic carbocycles. The van der Waals surface area contributed by atoms with Crippen LogP contribution in [0.25, 0.3) is 0 Å². The van der Waals surface area contributed by atoms with Gasteiger partial charge in [-0.3, -0.25) is 4.79 Å². The molecule has 1 aromatic carbocycles. The molecule has 21 heavy (non-hydrogen) atoms. The van der Waals surface area contributed by atoms with Gasteiger partial charge in [0.25, 0.3) is 0 Å². The third kappa shape index (κ3) is 5.94. The molecule has 0 saturated heterocycles. The first-order valence-corrected chi connectivity index (χ1v) is 6.87. The molecule has 0 aliphatic heterocycles. The quantitative estimate of drug-likeness (QED) is 0.863. The first kappa shape index (κ1) is 17.1. The Hall–Kier alpha value is -1.91. The SMILES string of the molecule is Cc1ccc(C(=O)CC(C)NC(=O)OC(C)(C)C)cc1F. The molecule has 1 aromatic rings. The number of halogens is 1. The summed E-state index contributed by atoms with van der Waals surface area (Å²) in [6.07, 6.45) is -0.486. The van der Waals surface area contributed by atoms with Crippen LogP contribution in [0.5, 0.6) is 0 Å². The molecule has 1 unspecified atom stereocenters. The minimum Gasteiger partial charge on any atom is -0.444 e. The minimum atomic E-state index is -0.589. The monoisotopic (exact) mass is 295 g/mol. The number of nitrogens with one attached hydrogen (secondary N) is 1. The Bertz CT molecular complexity index is 535. The highest BCUT2D eigenvalue weighted by Gasteiger charge is 2.19. The van der Waals surface area contributed by atoms with Crippen LogP contribution < -0.4 is 5.32 Å². The lowest BCUT2D eigenvalue weighted by atomic mass is 10.0. The summed E-state index contributed by atoms with van der Waals surface area (Å²) >= 11 is 0. The lowest BCUT2D eigenvalue weighted by Crippen LogP contribution is -2.38. The number of ether oxygens (including phenoxy) is 1. The third-order valence-electron chi connectivity index (χ3n) is 2.75. The summed E-state index contributed by atoms with van der Waals surface area (Å²) in [5, 5.41) is 2.59. The van der Waals surface area contributed by atoms with Crippen LogP contribution in [0.3, 0.4) is 0 Å². The lowest BCUT2D eigenvalue weighted by Gasteiger charge is -2.21. The summed E-state index contributed by atoms with van der Waals surface area (Å²) in [6.45, 7) is 8.62. The van der Waals surface area contributed by atoms with Crippen LogP contribution in [0, 0.1) is 12.7 Å². The molecule has 0 bridgehead atoms. The van der Waals surface area contributed by atoms with E-state index in [2.05, 4.69) is 5.32 Å². The van der Waals surface area contributed by atoms with Crippen molar-refractivity contribution >= 4 is 11.9 Å². The summed E-state index contributed by atoms with van der Waals surface area (Å²) < 4.78 is 18.5. The molecule has 116 valence electrons. The van der Waals surface area contributed by atoms with Crippen molar-refractivity contribution in [1.82, 2.24) is 5.32 Å². The fourth-order valence-corrected chi connectivity index (χ4v) is 1.72. The Labute approximate surface area is 124 Å². The highest BCUT2D eigenvalue weighted by molar-refractivity contribution is 5.96. The fraction of sp³-hybridized carbons (Fsp3) is 0.500. The van der Waals surface area contributed by atoms with Crippen molar-refractivity contribution in [1.29, 1.82) is 0 Å². The zero-order valence-corrected chi connectivity index (χ0v) is 13.1. The summed E-state index contributed by atoms with van der Waals surface area (Å²) in [7, 11) is 0. The number of hydrogen-bond acceptors (Lipinski definition) is 3. The van der Waals surface area contributed by atoms with Crippen molar-refractivity contribution in [2.24, 2.45) is 0 Å². The number of Topliss-reactive ketones (excluding diaryl/α,β-unsaturated/α-hetero) is 1. The van der Waals surface area contributed by atoms with E-state index < -0.39 is 23.6 Å². The van der Waals surface area contributed by atoms with E-state index in [0.29, 0.717) is 11.1 Å². The molecule has 1 atom stereocenters. The Kier molecular flexibility index (Phi) is 5.47. The van der Waals surface area contributed by atoms with Crippen LogP contribution in [-0.4, -0.2) is 23.5 Å². The average Bonchev–Trinajstić information content (AvgIpc) is 2.29. The Morgan fingerprint density at radius 2 is 1.95 bits per heavy atom. The molecule has 1 rings (SSSR count). The Morgan fingerprint density at radius 3 is 2.48 bits per heavy atom. The number of aryl methyl sites for hydroxylation is 1. The lowest BCUT2D eigenvalue weighted by molar-refractivity contribution is 0.0506. The molecule has 0 spiro atoms. The van der Waals surface area contributed by atoms with E-state index in [1.54, 1.807) is 46.8 Å². The number of carbonyl (C=O) groups is 2. The van der Waals surface area contributed by atoms with Crippen molar-refractivity contribution < 1.29 is 18.7 Å². The topological polar surface area (TPSA) is 55.4 Å². The summed E-state index contributed by atoms with van der Waals surface area (Å²) in [6, 6.07) is 3.98. The average molecular weight is 295 g/mol. The number of amides is 1. The van der Waals surface area contributed by atoms with Gasteiger partial charge < -0.3 is 10.1 Å². The number of rotatable bonds is 4. The first-order chi connectivity index (χ1) is 9.58. The molecule has 0 aliphatic rings. The minimum absolute atomic E-state index is 0.0851. The maximum absolute atomic E-state index is 13.4. The molecular formula is C16H22FNO3. The number of hydrogen-bond donors (Lipinski definition) is 1. The predicted molar refractivity (Wildman–Crippen MR) is 78.9 cm³/mol. The van der Waals surface area contributed by atoms with Crippen molar-refractivity contribution in [2.45, 2.75) is 52.7 Å². The van der Waals surface area contributed by atoms with E-state index in [-0.39, 0.29) is 12.2 Å². The van der Waals surface area contributed by atoms with Crippen molar-refractivity contribution in [3.63, 3.8) is 0 Å². The van der Waals surface area contributed by atoms with Gasteiger partial charge in [0.1, 0.15) is 11.4 Å². The standard InChI is InChI=1S/C16H22FNO3/c1-10-6-7-12(9-13(10)17)14(19)8-11(2)18-15(20)21-16(3,4)5/h6-7,9,11H,8H2,1-5H3,(H,18,20). The first-order valence-electron chi connectivity index (χ1n) is 6.87. The van der Waals surface area contributed by atoms with Crippen LogP contribution in [0.1, 0.15) is 50.0 Å². The smallest absolute Gasteiger partial charge is 0.407 e. The second-order valence-electron chi connectivity index (χ2n) is 6.14. The van der Waals surface area contributed by atoms with E-state index in [9.17, 15) is 14.0 Å². The largest absolute Gasteiger partial charge is 0.444 e. The van der Waals surface area contributed by atoms with Gasteiger partial charge in [-0.15, -0.1) is 0 Å². The summed E-state index contributed by atoms with van der Waals surface area (Å²) in [4.78, 5) is 23.6. The van der Waals surface area contributed by atoms with E-state index >= 15 is 0 Å². The summed E-state index contributed by atoms with van der Waals surface area (Å²) in [5.41, 5.74) is 0.205. The van der Waals surface area contributed by atoms with Gasteiger partial charge in [0, 0.05) is 18.0 Å². The van der Waals surface area contributed by atoms with Crippen LogP contribution in [0.4, 0.5) is 9.18 Å². The molecule has 5 heteroatoms. The third-order valence-corrected chi connectivity index (χ3v) is 2.75. The van der Waals surface area contributed by atoms with Gasteiger partial charge >= 0.3 is 6.09 Å². The van der Waals surface area contributed by atoms with Gasteiger partial charge in [-0.2, -0.15) is 0 Å². The van der Waals surface area contributed by atoms with Gasteiger partial charge in [0.15, 0.2) is 5.78 Å². The Morgan fingerprint density at radius 1 is 1.33 bits per heavy atom. The fourth-order valence-electron chi connectivity index (χ4n) is 1.72. The van der Waals surface area contributed by atoms with E-state index in [1.165, 1.54) is 6.07 Å². The van der Waals surface area contributed by atoms with Gasteiger partial charge in [0.2, 0.25) is 0 Å².